The molecular formula is C103H97N23O9S. The number of sulfone groups is 1. The van der Waals surface area contributed by atoms with Crippen LogP contribution in [0.3, 0.4) is 0 Å². The van der Waals surface area contributed by atoms with Crippen LogP contribution in [0.4, 0.5) is 0 Å². The Bertz CT molecular complexity index is 7970. The second kappa shape index (κ2) is 36.8. The average molecular weight is 1830 g/mol. The molecule has 4 fully saturated rings. The van der Waals surface area contributed by atoms with Gasteiger partial charge in [-0.1, -0.05) is 121 Å². The van der Waals surface area contributed by atoms with Crippen molar-refractivity contribution in [3.05, 3.63) is 265 Å². The molecule has 0 bridgehead atoms. The molecule has 0 spiro atoms. The van der Waals surface area contributed by atoms with E-state index in [0.29, 0.717) is 50.1 Å². The Morgan fingerprint density at radius 2 is 0.838 bits per heavy atom. The van der Waals surface area contributed by atoms with Crippen LogP contribution in [-0.4, -0.2) is 198 Å². The van der Waals surface area contributed by atoms with Crippen molar-refractivity contribution in [1.82, 2.24) is 114 Å². The lowest BCUT2D eigenvalue weighted by Gasteiger charge is -2.33. The van der Waals surface area contributed by atoms with Gasteiger partial charge in [0, 0.05) is 169 Å². The summed E-state index contributed by atoms with van der Waals surface area (Å²) in [4.78, 5) is 82.1. The van der Waals surface area contributed by atoms with E-state index in [4.69, 9.17) is 25.0 Å². The summed E-state index contributed by atoms with van der Waals surface area (Å²) in [5, 5.41) is 76.1. The molecule has 1 atom stereocenters. The van der Waals surface area contributed by atoms with Crippen molar-refractivity contribution in [3.63, 3.8) is 0 Å². The first-order valence-corrected chi connectivity index (χ1v) is 47.9. The number of rotatable bonds is 16. The number of fused-ring (bicyclic) bond motifs is 13. The number of likely N-dealkylation sites (tertiary alicyclic amines) is 1. The van der Waals surface area contributed by atoms with Gasteiger partial charge >= 0.3 is 11.9 Å². The maximum absolute atomic E-state index is 12.3. The van der Waals surface area contributed by atoms with E-state index >= 15 is 0 Å². The maximum atomic E-state index is 12.3. The number of carboxylic acids is 2. The fourth-order valence-corrected chi connectivity index (χ4v) is 21.6. The Kier molecular flexibility index (Phi) is 23.6. The average Bonchev–Trinajstić information content (AvgIpc) is 1.61. The molecule has 4 aliphatic rings. The Hall–Kier alpha value is -15.5. The Labute approximate surface area is 778 Å². The van der Waals surface area contributed by atoms with E-state index in [9.17, 15) is 38.1 Å². The number of carbonyl (C=O) groups excluding carboxylic acids is 1. The molecule has 0 radical (unpaired) electrons. The number of benzene rings is 4. The lowest BCUT2D eigenvalue weighted by Crippen LogP contribution is -2.44. The molecule has 1 amide bonds. The lowest BCUT2D eigenvalue weighted by molar-refractivity contribution is -0.143. The maximum Gasteiger partial charge on any atom is 0.306 e. The van der Waals surface area contributed by atoms with Crippen LogP contribution in [0.15, 0.2) is 226 Å². The Morgan fingerprint density at radius 3 is 1.28 bits per heavy atom. The van der Waals surface area contributed by atoms with Gasteiger partial charge in [-0.3, -0.25) is 44.5 Å². The number of hydrogen-bond donors (Lipinski definition) is 8. The number of aliphatic hydroxyl groups excluding tert-OH is 2. The highest BCUT2D eigenvalue weighted by molar-refractivity contribution is 7.91. The van der Waals surface area contributed by atoms with Crippen molar-refractivity contribution in [1.29, 1.82) is 0 Å². The summed E-state index contributed by atoms with van der Waals surface area (Å²) < 4.78 is 31.2. The highest BCUT2D eigenvalue weighted by Gasteiger charge is 2.36. The zero-order valence-electron chi connectivity index (χ0n) is 74.9. The molecule has 2 saturated heterocycles. The molecule has 2 aliphatic heterocycles. The number of aliphatic carboxylic acids is 2. The molecule has 2 saturated carbocycles. The topological polar surface area (TPSA) is 431 Å². The molecule has 20 aromatic rings. The van der Waals surface area contributed by atoms with Crippen LogP contribution in [0, 0.1) is 32.6 Å². The number of nitrogens with one attached hydrogen (secondary N) is 4. The minimum Gasteiger partial charge on any atom is -0.481 e. The van der Waals surface area contributed by atoms with Crippen LogP contribution < -0.4 is 0 Å². The van der Waals surface area contributed by atoms with Gasteiger partial charge in [-0.15, -0.1) is 0 Å². The summed E-state index contributed by atoms with van der Waals surface area (Å²) in [5.41, 5.74) is 27.6. The predicted octanol–water partition coefficient (Wildman–Crippen LogP) is 17.4. The number of aromatic amines is 4. The van der Waals surface area contributed by atoms with Gasteiger partial charge in [0.2, 0.25) is 0 Å². The normalized spacial score (nSPS) is 17.3. The summed E-state index contributed by atoms with van der Waals surface area (Å²) in [5.74, 6) is -0.686. The van der Waals surface area contributed by atoms with E-state index in [1.807, 2.05) is 212 Å². The number of carboxylic acid groups (broad SMARTS) is 2. The number of amides is 1. The number of hydrogen-bond acceptors (Lipinski definition) is 21. The molecule has 2 aliphatic carbocycles. The zero-order chi connectivity index (χ0) is 93.0. The highest BCUT2D eigenvalue weighted by atomic mass is 32.2. The first-order chi connectivity index (χ1) is 66.3. The van der Waals surface area contributed by atoms with Gasteiger partial charge in [-0.05, 0) is 152 Å². The summed E-state index contributed by atoms with van der Waals surface area (Å²) in [7, 11) is -2.96. The van der Waals surface area contributed by atoms with Gasteiger partial charge < -0.3 is 35.3 Å². The summed E-state index contributed by atoms with van der Waals surface area (Å²) in [6.07, 6.45) is 26.8. The Balaban J connectivity index is 0.000000109. The quantitative estimate of drug-likeness (QED) is 0.0445. The van der Waals surface area contributed by atoms with E-state index in [-0.39, 0.29) is 53.4 Å². The van der Waals surface area contributed by atoms with Gasteiger partial charge in [-0.2, -0.15) is 48.7 Å². The van der Waals surface area contributed by atoms with E-state index in [2.05, 4.69) is 108 Å². The number of nitrogens with zero attached hydrogens (tertiary/aromatic N) is 19. The largest absolute Gasteiger partial charge is 0.481 e. The second-order valence-electron chi connectivity index (χ2n) is 36.0. The monoisotopic (exact) mass is 1830 g/mol. The molecule has 18 heterocycles. The van der Waals surface area contributed by atoms with Crippen LogP contribution in [-0.2, 0) is 24.2 Å². The van der Waals surface area contributed by atoms with Crippen molar-refractivity contribution < 1.29 is 43.2 Å². The molecule has 684 valence electrons. The van der Waals surface area contributed by atoms with Gasteiger partial charge in [0.1, 0.15) is 21.1 Å². The predicted molar refractivity (Wildman–Crippen MR) is 517 cm³/mol. The minimum absolute atomic E-state index is 0.0717. The van der Waals surface area contributed by atoms with E-state index in [0.717, 1.165) is 230 Å². The summed E-state index contributed by atoms with van der Waals surface area (Å²) >= 11 is 0. The number of carbonyl (C=O) groups is 3. The van der Waals surface area contributed by atoms with Gasteiger partial charge in [0.15, 0.2) is 40.0 Å². The first kappa shape index (κ1) is 87.2. The fourth-order valence-electron chi connectivity index (χ4n) is 20.1. The number of H-pyrrole nitrogens is 4. The van der Waals surface area contributed by atoms with Crippen LogP contribution in [0.1, 0.15) is 147 Å². The van der Waals surface area contributed by atoms with E-state index in [1.54, 1.807) is 20.1 Å². The number of piperidine rings is 1. The standard InChI is InChI=1S/C27H26N6O3.C27H26N6O2.C26H23N5O2.C23H22N6O2S/c34-16-23(35)27(36)32-12-9-18(10-13-32)24-20-8-11-28-25(20)33-26(31-24)21(15-30-33)19-6-7-22(29-14-19)17-4-2-1-3-5-17;1-16-24-25(19-9-7-17(8-10-19)13-23(34)35)30-26-21(15-29-33(26)27(24)32-31-16)20-11-12-22(28-14-20)18-5-3-2-4-6-18;32-26(33)18-8-6-17(7-9-18)23-20-12-13-27-24(20)31-25(30-23)21(15-29-31)19-10-11-22(28-14-19)16-4-2-1-3-5-16;1-13-3-4-19-16(9-13)10-17(11-24-19)18-12-25-29-22(18)26-21(20-14(2)27-28-23(20)29)15-5-7-32(30,31)8-6-15/h1-8,11,14-15,18,23,28,34-35H,9-10,12-13,16H2;2-6,11-12,14-15,17,19H,7-10,13H2,1H3,(H,31,32)(H,34,35);1-5,10-15,17-18,27H,6-9H2,(H,32,33);3-4,9-12,15H,5-8H2,1-2H3,(H,27,28)/t23-;;;/m1.../s1. The van der Waals surface area contributed by atoms with Gasteiger partial charge in [0.25, 0.3) is 5.91 Å². The third-order valence-corrected chi connectivity index (χ3v) is 29.1. The molecule has 136 heavy (non-hydrogen) atoms. The fraction of sp³-hybridized carbons (Fsp3) is 0.272. The van der Waals surface area contributed by atoms with Gasteiger partial charge in [0.05, 0.1) is 105 Å². The third kappa shape index (κ3) is 17.0. The summed E-state index contributed by atoms with van der Waals surface area (Å²) in [6, 6.07) is 54.9. The van der Waals surface area contributed by atoms with Crippen molar-refractivity contribution in [2.24, 2.45) is 11.8 Å². The molecule has 0 unspecified atom stereocenters. The number of pyridine rings is 4. The van der Waals surface area contributed by atoms with Crippen molar-refractivity contribution >= 4 is 105 Å². The van der Waals surface area contributed by atoms with Crippen molar-refractivity contribution in [3.8, 4) is 78.3 Å². The molecular weight excluding hydrogens is 1740 g/mol. The minimum atomic E-state index is -2.96. The van der Waals surface area contributed by atoms with Crippen LogP contribution in [0.25, 0.3) is 156 Å². The van der Waals surface area contributed by atoms with E-state index < -0.39 is 40.4 Å². The van der Waals surface area contributed by atoms with E-state index in [1.165, 1.54) is 5.56 Å². The van der Waals surface area contributed by atoms with Crippen molar-refractivity contribution in [2.75, 3.05) is 31.2 Å². The number of aryl methyl sites for hydroxylation is 3. The van der Waals surface area contributed by atoms with Gasteiger partial charge in [-0.25, -0.2) is 28.4 Å². The first-order valence-electron chi connectivity index (χ1n) is 46.1. The molecule has 16 aromatic heterocycles. The second-order valence-corrected chi connectivity index (χ2v) is 38.3. The lowest BCUT2D eigenvalue weighted by atomic mass is 9.78. The molecule has 32 nitrogen and oxygen atoms in total. The summed E-state index contributed by atoms with van der Waals surface area (Å²) in [6.45, 7) is 6.50. The van der Waals surface area contributed by atoms with Crippen LogP contribution in [0.2, 0.25) is 0 Å². The van der Waals surface area contributed by atoms with Crippen LogP contribution >= 0.6 is 0 Å². The highest BCUT2D eigenvalue weighted by Crippen LogP contribution is 2.45. The molecule has 4 aromatic carbocycles. The number of aliphatic hydroxyl groups is 2. The third-order valence-electron chi connectivity index (χ3n) is 27.4. The SMILES string of the molecule is Cc1[nH]nc2c1c(C1CCC(CC(=O)O)CC1)nc1c(-c3ccc(-c4ccccc4)nc3)cnn12.Cc1ccc2ncc(-c3cnn4c3nc(C3CCS(=O)(=O)CC3)c3c(C)[nH]nc34)cc2c1.O=C(O)C1CCC(c2nc3c(-c4ccc(-c5ccccc5)nc4)cnn3c3[nH]ccc23)CC1.O=C([C@H](O)CO)N1CCC(c2nc3c(-c4ccc(-c5ccccc5)nc4)cnn3c3[nH]ccc23)CC1. The molecule has 8 N–H and O–H groups in total. The van der Waals surface area contributed by atoms with Crippen molar-refractivity contribution in [2.45, 2.75) is 134 Å². The Morgan fingerprint density at radius 1 is 0.426 bits per heavy atom. The molecule has 33 heteroatoms. The smallest absolute Gasteiger partial charge is 0.306 e. The molecule has 24 rings (SSSR count). The van der Waals surface area contributed by atoms with Crippen LogP contribution in [0.5, 0.6) is 0 Å². The zero-order valence-corrected chi connectivity index (χ0v) is 75.7. The number of aromatic nitrogens is 22.